The Morgan fingerprint density at radius 2 is 1.74 bits per heavy atom. The van der Waals surface area contributed by atoms with E-state index in [2.05, 4.69) is 36.7 Å². The number of hydrogen-bond acceptors (Lipinski definition) is 9. The summed E-state index contributed by atoms with van der Waals surface area (Å²) < 4.78 is 5.13. The van der Waals surface area contributed by atoms with Gasteiger partial charge in [-0.15, -0.1) is 23.1 Å². The fourth-order valence-corrected chi connectivity index (χ4v) is 8.46. The Morgan fingerprint density at radius 1 is 1.02 bits per heavy atom. The molecular weight excluding hydrogens is 713 g/mol. The van der Waals surface area contributed by atoms with Crippen LogP contribution in [0.5, 0.6) is 0 Å². The van der Waals surface area contributed by atoms with Gasteiger partial charge >= 0.3 is 5.97 Å². The van der Waals surface area contributed by atoms with Gasteiger partial charge in [-0.2, -0.15) is 0 Å². The zero-order valence-corrected chi connectivity index (χ0v) is 31.8. The smallest absolute Gasteiger partial charge is 0.341 e. The van der Waals surface area contributed by atoms with E-state index < -0.39 is 28.0 Å². The van der Waals surface area contributed by atoms with Gasteiger partial charge in [0.1, 0.15) is 10.7 Å². The topological polar surface area (TPSA) is 157 Å². The molecule has 1 heterocycles. The number of methoxy groups -OCH3 is 1. The van der Waals surface area contributed by atoms with Crippen molar-refractivity contribution in [2.24, 2.45) is 11.3 Å². The zero-order valence-electron chi connectivity index (χ0n) is 30.2. The Hall–Kier alpha value is -5.27. The van der Waals surface area contributed by atoms with Gasteiger partial charge in [0.15, 0.2) is 0 Å². The first-order valence-electron chi connectivity index (χ1n) is 17.2. The number of hydrogen-bond donors (Lipinski definition) is 3. The molecule has 5 rings (SSSR count). The monoisotopic (exact) mass is 754 g/mol. The molecule has 13 heteroatoms. The number of amides is 3. The van der Waals surface area contributed by atoms with Crippen LogP contribution < -0.4 is 16.0 Å². The number of nitrogens with zero attached hydrogens (tertiary/aromatic N) is 1. The van der Waals surface area contributed by atoms with E-state index in [1.54, 1.807) is 54.6 Å². The third-order valence-corrected chi connectivity index (χ3v) is 11.6. The number of ether oxygens (including phenoxy) is 1. The molecule has 53 heavy (non-hydrogen) atoms. The number of fused-ring (bicyclic) bond motifs is 1. The average Bonchev–Trinajstić information content (AvgIpc) is 3.50. The number of anilines is 2. The van der Waals surface area contributed by atoms with E-state index in [0.29, 0.717) is 39.0 Å². The Bertz CT molecular complexity index is 2050. The van der Waals surface area contributed by atoms with Gasteiger partial charge in [0.25, 0.3) is 17.5 Å². The molecule has 3 amide bonds. The summed E-state index contributed by atoms with van der Waals surface area (Å²) in [5.74, 6) is -1.54. The summed E-state index contributed by atoms with van der Waals surface area (Å²) in [5.41, 5.74) is 1.88. The average molecular weight is 755 g/mol. The SMILES string of the molecule is CCC(Sc1cccc(NC(=O)/C(=C\c2ccccc2[N+](=O)[O-])NC(=O)c2ccccc2)c1)C(=O)Nc1sc2c(c1C(=O)OC)CCC(C(C)(C)C)C2. The van der Waals surface area contributed by atoms with Crippen molar-refractivity contribution in [1.82, 2.24) is 5.32 Å². The normalized spacial score (nSPS) is 14.7. The van der Waals surface area contributed by atoms with Crippen molar-refractivity contribution >= 4 is 69.2 Å². The molecule has 1 aromatic heterocycles. The minimum absolute atomic E-state index is 0.116. The second-order valence-corrected chi connectivity index (χ2v) is 16.1. The molecule has 1 aliphatic carbocycles. The highest BCUT2D eigenvalue weighted by atomic mass is 32.2. The summed E-state index contributed by atoms with van der Waals surface area (Å²) in [6, 6.07) is 21.1. The number of benzene rings is 3. The molecule has 3 aromatic carbocycles. The van der Waals surface area contributed by atoms with E-state index in [4.69, 9.17) is 4.74 Å². The van der Waals surface area contributed by atoms with Crippen molar-refractivity contribution in [3.05, 3.63) is 122 Å². The largest absolute Gasteiger partial charge is 0.465 e. The van der Waals surface area contributed by atoms with Crippen LogP contribution in [-0.4, -0.2) is 41.0 Å². The Morgan fingerprint density at radius 3 is 2.42 bits per heavy atom. The minimum Gasteiger partial charge on any atom is -0.465 e. The van der Waals surface area contributed by atoms with E-state index in [-0.39, 0.29) is 28.3 Å². The summed E-state index contributed by atoms with van der Waals surface area (Å²) >= 11 is 2.75. The van der Waals surface area contributed by atoms with Crippen molar-refractivity contribution in [1.29, 1.82) is 0 Å². The number of thiophene rings is 1. The fraction of sp³-hybridized carbons (Fsp3) is 0.300. The maximum absolute atomic E-state index is 13.7. The van der Waals surface area contributed by atoms with Crippen molar-refractivity contribution in [3.8, 4) is 0 Å². The second kappa shape index (κ2) is 17.0. The molecule has 1 aliphatic rings. The highest BCUT2D eigenvalue weighted by Gasteiger charge is 2.35. The molecule has 0 saturated heterocycles. The molecule has 0 spiro atoms. The lowest BCUT2D eigenvalue weighted by molar-refractivity contribution is -0.385. The van der Waals surface area contributed by atoms with Crippen LogP contribution in [0.4, 0.5) is 16.4 Å². The fourth-order valence-electron chi connectivity index (χ4n) is 6.13. The van der Waals surface area contributed by atoms with Gasteiger partial charge in [-0.25, -0.2) is 4.79 Å². The molecule has 2 atom stereocenters. The summed E-state index contributed by atoms with van der Waals surface area (Å²) in [6.07, 6.45) is 4.27. The molecular formula is C40H42N4O7S2. The number of nitro groups is 1. The third kappa shape index (κ3) is 9.59. The molecule has 0 bridgehead atoms. The first-order chi connectivity index (χ1) is 25.3. The number of carbonyl (C=O) groups is 4. The minimum atomic E-state index is -0.704. The van der Waals surface area contributed by atoms with Crippen LogP contribution >= 0.6 is 23.1 Å². The van der Waals surface area contributed by atoms with Gasteiger partial charge in [0, 0.05) is 27.1 Å². The van der Waals surface area contributed by atoms with Crippen molar-refractivity contribution in [2.45, 2.75) is 63.5 Å². The number of rotatable bonds is 12. The molecule has 0 saturated carbocycles. The van der Waals surface area contributed by atoms with Gasteiger partial charge in [-0.05, 0) is 85.1 Å². The van der Waals surface area contributed by atoms with Gasteiger partial charge in [-0.3, -0.25) is 24.5 Å². The standard InChI is InChI=1S/C40H42N4O7S2/c1-6-32(37(47)43-38-34(39(48)51-5)29-20-19-26(40(2,3)4)22-33(29)53-38)52-28-17-12-16-27(23-28)41-36(46)30(42-35(45)24-13-8-7-9-14-24)21-25-15-10-11-18-31(25)44(49)50/h7-18,21,23,26,32H,6,19-20,22H2,1-5H3,(H,41,46)(H,42,45)(H,43,47)/b30-21+. The summed E-state index contributed by atoms with van der Waals surface area (Å²) in [7, 11) is 1.34. The molecule has 0 fully saturated rings. The number of para-hydroxylation sites is 1. The maximum atomic E-state index is 13.7. The summed E-state index contributed by atoms with van der Waals surface area (Å²) in [6.45, 7) is 8.57. The molecule has 4 aromatic rings. The Balaban J connectivity index is 1.34. The van der Waals surface area contributed by atoms with Crippen LogP contribution in [0.3, 0.4) is 0 Å². The van der Waals surface area contributed by atoms with Crippen molar-refractivity contribution in [2.75, 3.05) is 17.7 Å². The Kier molecular flexibility index (Phi) is 12.5. The van der Waals surface area contributed by atoms with Crippen LogP contribution in [0, 0.1) is 21.4 Å². The number of thioether (sulfide) groups is 1. The number of nitrogens with one attached hydrogen (secondary N) is 3. The van der Waals surface area contributed by atoms with E-state index in [1.807, 2.05) is 13.0 Å². The predicted molar refractivity (Wildman–Crippen MR) is 209 cm³/mol. The van der Waals surface area contributed by atoms with E-state index in [9.17, 15) is 29.3 Å². The van der Waals surface area contributed by atoms with Crippen LogP contribution in [0.15, 0.2) is 89.5 Å². The molecule has 276 valence electrons. The first-order valence-corrected chi connectivity index (χ1v) is 18.9. The van der Waals surface area contributed by atoms with Crippen LogP contribution in [0.1, 0.15) is 77.3 Å². The van der Waals surface area contributed by atoms with E-state index >= 15 is 0 Å². The number of nitro benzene ring substituents is 1. The highest BCUT2D eigenvalue weighted by molar-refractivity contribution is 8.00. The van der Waals surface area contributed by atoms with Gasteiger partial charge < -0.3 is 20.7 Å². The quantitative estimate of drug-likeness (QED) is 0.0427. The lowest BCUT2D eigenvalue weighted by Gasteiger charge is -2.33. The maximum Gasteiger partial charge on any atom is 0.341 e. The zero-order chi connectivity index (χ0) is 38.3. The Labute approximate surface area is 316 Å². The van der Waals surface area contributed by atoms with Crippen LogP contribution in [0.2, 0.25) is 0 Å². The van der Waals surface area contributed by atoms with Gasteiger partial charge in [0.2, 0.25) is 5.91 Å². The molecule has 11 nitrogen and oxygen atoms in total. The molecule has 2 unspecified atom stereocenters. The lowest BCUT2D eigenvalue weighted by atomic mass is 9.72. The number of esters is 1. The van der Waals surface area contributed by atoms with Crippen LogP contribution in [-0.2, 0) is 27.2 Å². The molecule has 0 aliphatic heterocycles. The van der Waals surface area contributed by atoms with E-state index in [0.717, 1.165) is 29.7 Å². The van der Waals surface area contributed by atoms with Crippen LogP contribution in [0.25, 0.3) is 6.08 Å². The number of carbonyl (C=O) groups excluding carboxylic acids is 4. The van der Waals surface area contributed by atoms with Crippen molar-refractivity contribution in [3.63, 3.8) is 0 Å². The lowest BCUT2D eigenvalue weighted by Crippen LogP contribution is -2.30. The first kappa shape index (κ1) is 38.9. The summed E-state index contributed by atoms with van der Waals surface area (Å²) in [4.78, 5) is 66.3. The molecule has 0 radical (unpaired) electrons. The third-order valence-electron chi connectivity index (χ3n) is 9.11. The van der Waals surface area contributed by atoms with Gasteiger partial charge in [0.05, 0.1) is 28.4 Å². The second-order valence-electron chi connectivity index (χ2n) is 13.7. The summed E-state index contributed by atoms with van der Waals surface area (Å²) in [5, 5.41) is 20.1. The van der Waals surface area contributed by atoms with E-state index in [1.165, 1.54) is 54.5 Å². The highest BCUT2D eigenvalue weighted by Crippen LogP contribution is 2.45. The van der Waals surface area contributed by atoms with Gasteiger partial charge in [-0.1, -0.05) is 64.1 Å². The predicted octanol–water partition coefficient (Wildman–Crippen LogP) is 8.51. The molecule has 3 N–H and O–H groups in total. The van der Waals surface area contributed by atoms with Crippen molar-refractivity contribution < 1.29 is 28.8 Å².